The molecule has 1 unspecified atom stereocenters. The van der Waals surface area contributed by atoms with Gasteiger partial charge in [-0.3, -0.25) is 10.1 Å². The molecule has 1 atom stereocenters. The monoisotopic (exact) mass is 222 g/mol. The normalized spacial score (nSPS) is 19.2. The molecular weight excluding hydrogens is 204 g/mol. The number of nitrogens with one attached hydrogen (secondary N) is 1. The third kappa shape index (κ3) is 2.26. The zero-order valence-corrected chi connectivity index (χ0v) is 9.88. The van der Waals surface area contributed by atoms with E-state index in [-0.39, 0.29) is 5.91 Å². The molecule has 16 heavy (non-hydrogen) atoms. The summed E-state index contributed by atoms with van der Waals surface area (Å²) >= 11 is 0. The molecule has 88 valence electrons. The van der Waals surface area contributed by atoms with Gasteiger partial charge in [-0.15, -0.1) is 0 Å². The van der Waals surface area contributed by atoms with Crippen LogP contribution < -0.4 is 5.32 Å². The first-order valence-electron chi connectivity index (χ1n) is 5.98. The van der Waals surface area contributed by atoms with Crippen molar-refractivity contribution in [2.75, 3.05) is 5.32 Å². The van der Waals surface area contributed by atoms with Gasteiger partial charge in [-0.1, -0.05) is 19.0 Å². The van der Waals surface area contributed by atoms with E-state index in [2.05, 4.69) is 17.4 Å². The van der Waals surface area contributed by atoms with E-state index in [1.807, 2.05) is 6.92 Å². The first kappa shape index (κ1) is 11.2. The molecule has 1 heterocycles. The van der Waals surface area contributed by atoms with E-state index in [0.29, 0.717) is 18.2 Å². The average Bonchev–Trinajstić information content (AvgIpc) is 2.61. The maximum Gasteiger partial charge on any atom is 0.234 e. The van der Waals surface area contributed by atoms with Gasteiger partial charge in [0.2, 0.25) is 11.8 Å². The van der Waals surface area contributed by atoms with Gasteiger partial charge in [-0.05, 0) is 31.6 Å². The van der Waals surface area contributed by atoms with Crippen molar-refractivity contribution >= 4 is 11.8 Å². The van der Waals surface area contributed by atoms with Gasteiger partial charge >= 0.3 is 0 Å². The summed E-state index contributed by atoms with van der Waals surface area (Å²) in [5.74, 6) is 1.23. The Labute approximate surface area is 95.4 Å². The molecule has 1 amide bonds. The Morgan fingerprint density at radius 2 is 2.44 bits per heavy atom. The first-order chi connectivity index (χ1) is 7.70. The maximum absolute atomic E-state index is 11.5. The lowest BCUT2D eigenvalue weighted by molar-refractivity contribution is -0.116. The topological polar surface area (TPSA) is 55.1 Å². The van der Waals surface area contributed by atoms with Crippen molar-refractivity contribution in [3.63, 3.8) is 0 Å². The SMILES string of the molecule is CCCC(=O)Nc1onc2c1CC(C)CC2. The van der Waals surface area contributed by atoms with Crippen LogP contribution in [-0.2, 0) is 17.6 Å². The van der Waals surface area contributed by atoms with E-state index >= 15 is 0 Å². The fraction of sp³-hybridized carbons (Fsp3) is 0.667. The molecular formula is C12H18N2O2. The quantitative estimate of drug-likeness (QED) is 0.855. The molecule has 0 saturated carbocycles. The van der Waals surface area contributed by atoms with Crippen LogP contribution in [0.15, 0.2) is 4.52 Å². The molecule has 1 aromatic heterocycles. The highest BCUT2D eigenvalue weighted by molar-refractivity contribution is 5.90. The minimum atomic E-state index is 0.0136. The molecule has 0 spiro atoms. The van der Waals surface area contributed by atoms with Gasteiger partial charge < -0.3 is 4.52 Å². The van der Waals surface area contributed by atoms with Crippen LogP contribution in [-0.4, -0.2) is 11.1 Å². The lowest BCUT2D eigenvalue weighted by Gasteiger charge is -2.16. The Balaban J connectivity index is 2.11. The molecule has 4 heteroatoms. The summed E-state index contributed by atoms with van der Waals surface area (Å²) in [7, 11) is 0. The third-order valence-corrected chi connectivity index (χ3v) is 3.03. The van der Waals surface area contributed by atoms with Gasteiger partial charge in [0.25, 0.3) is 0 Å². The first-order valence-corrected chi connectivity index (χ1v) is 5.98. The van der Waals surface area contributed by atoms with Crippen LogP contribution in [0, 0.1) is 5.92 Å². The second kappa shape index (κ2) is 4.68. The highest BCUT2D eigenvalue weighted by atomic mass is 16.5. The maximum atomic E-state index is 11.5. The van der Waals surface area contributed by atoms with Crippen molar-refractivity contribution in [1.82, 2.24) is 5.16 Å². The van der Waals surface area contributed by atoms with Crippen molar-refractivity contribution < 1.29 is 9.32 Å². The van der Waals surface area contributed by atoms with Crippen molar-refractivity contribution in [3.8, 4) is 0 Å². The molecule has 1 N–H and O–H groups in total. The van der Waals surface area contributed by atoms with Gasteiger partial charge in [0.05, 0.1) is 5.69 Å². The van der Waals surface area contributed by atoms with Crippen LogP contribution in [0.25, 0.3) is 0 Å². The van der Waals surface area contributed by atoms with Gasteiger partial charge in [0, 0.05) is 12.0 Å². The van der Waals surface area contributed by atoms with Crippen molar-refractivity contribution in [2.24, 2.45) is 5.92 Å². The molecule has 0 bridgehead atoms. The number of rotatable bonds is 3. The molecule has 1 aliphatic carbocycles. The molecule has 0 radical (unpaired) electrons. The number of amides is 1. The van der Waals surface area contributed by atoms with Crippen LogP contribution in [0.2, 0.25) is 0 Å². The highest BCUT2D eigenvalue weighted by Gasteiger charge is 2.23. The predicted octanol–water partition coefficient (Wildman–Crippen LogP) is 2.54. The van der Waals surface area contributed by atoms with Crippen LogP contribution in [0.3, 0.4) is 0 Å². The lowest BCUT2D eigenvalue weighted by Crippen LogP contribution is -2.15. The zero-order chi connectivity index (χ0) is 11.5. The number of hydrogen-bond donors (Lipinski definition) is 1. The Morgan fingerprint density at radius 1 is 1.62 bits per heavy atom. The molecule has 4 nitrogen and oxygen atoms in total. The van der Waals surface area contributed by atoms with Crippen molar-refractivity contribution in [2.45, 2.75) is 46.0 Å². The molecule has 0 aliphatic heterocycles. The summed E-state index contributed by atoms with van der Waals surface area (Å²) < 4.78 is 5.20. The highest BCUT2D eigenvalue weighted by Crippen LogP contribution is 2.30. The summed E-state index contributed by atoms with van der Waals surface area (Å²) in [4.78, 5) is 11.5. The molecule has 1 aromatic rings. The summed E-state index contributed by atoms with van der Waals surface area (Å²) in [5.41, 5.74) is 2.12. The van der Waals surface area contributed by atoms with E-state index in [9.17, 15) is 4.79 Å². The van der Waals surface area contributed by atoms with E-state index in [1.165, 1.54) is 0 Å². The van der Waals surface area contributed by atoms with Crippen LogP contribution in [0.1, 0.15) is 44.4 Å². The molecule has 0 fully saturated rings. The van der Waals surface area contributed by atoms with Crippen LogP contribution in [0.4, 0.5) is 5.88 Å². The summed E-state index contributed by atoms with van der Waals surface area (Å²) in [6, 6.07) is 0. The molecule has 2 rings (SSSR count). The standard InChI is InChI=1S/C12H18N2O2/c1-3-4-11(15)13-12-9-7-8(2)5-6-10(9)14-16-12/h8H,3-7H2,1-2H3,(H,13,15). The minimum absolute atomic E-state index is 0.0136. The largest absolute Gasteiger partial charge is 0.338 e. The molecule has 0 aromatic carbocycles. The van der Waals surface area contributed by atoms with Gasteiger partial charge in [0.1, 0.15) is 0 Å². The molecule has 0 saturated heterocycles. The van der Waals surface area contributed by atoms with Gasteiger partial charge in [-0.25, -0.2) is 0 Å². The van der Waals surface area contributed by atoms with Gasteiger partial charge in [0.15, 0.2) is 0 Å². The number of fused-ring (bicyclic) bond motifs is 1. The van der Waals surface area contributed by atoms with Crippen LogP contribution >= 0.6 is 0 Å². The average molecular weight is 222 g/mol. The Hall–Kier alpha value is -1.32. The number of anilines is 1. The summed E-state index contributed by atoms with van der Waals surface area (Å²) in [6.07, 6.45) is 4.45. The number of aromatic nitrogens is 1. The zero-order valence-electron chi connectivity index (χ0n) is 9.88. The van der Waals surface area contributed by atoms with Crippen LogP contribution in [0.5, 0.6) is 0 Å². The Kier molecular flexibility index (Phi) is 3.27. The number of carbonyl (C=O) groups is 1. The third-order valence-electron chi connectivity index (χ3n) is 3.03. The number of carbonyl (C=O) groups excluding carboxylic acids is 1. The summed E-state index contributed by atoms with van der Waals surface area (Å²) in [6.45, 7) is 4.20. The number of nitrogens with zero attached hydrogens (tertiary/aromatic N) is 1. The van der Waals surface area contributed by atoms with Crippen molar-refractivity contribution in [3.05, 3.63) is 11.3 Å². The molecule has 1 aliphatic rings. The van der Waals surface area contributed by atoms with Gasteiger partial charge in [-0.2, -0.15) is 0 Å². The minimum Gasteiger partial charge on any atom is -0.338 e. The Morgan fingerprint density at radius 3 is 3.19 bits per heavy atom. The fourth-order valence-electron chi connectivity index (χ4n) is 2.10. The van der Waals surface area contributed by atoms with Crippen molar-refractivity contribution in [1.29, 1.82) is 0 Å². The van der Waals surface area contributed by atoms with E-state index < -0.39 is 0 Å². The number of hydrogen-bond acceptors (Lipinski definition) is 3. The summed E-state index contributed by atoms with van der Waals surface area (Å²) in [5, 5.41) is 6.82. The lowest BCUT2D eigenvalue weighted by atomic mass is 9.89. The second-order valence-electron chi connectivity index (χ2n) is 4.58. The second-order valence-corrected chi connectivity index (χ2v) is 4.58. The van der Waals surface area contributed by atoms with E-state index in [0.717, 1.165) is 36.9 Å². The smallest absolute Gasteiger partial charge is 0.234 e. The van der Waals surface area contributed by atoms with E-state index in [4.69, 9.17) is 4.52 Å². The number of aryl methyl sites for hydroxylation is 1. The van der Waals surface area contributed by atoms with E-state index in [1.54, 1.807) is 0 Å². The fourth-order valence-corrected chi connectivity index (χ4v) is 2.10. The predicted molar refractivity (Wildman–Crippen MR) is 61.2 cm³/mol. The Bertz CT molecular complexity index is 384.